The van der Waals surface area contributed by atoms with Crippen molar-refractivity contribution in [1.29, 1.82) is 0 Å². The average molecular weight is 1470 g/mol. The Hall–Kier alpha value is -10.2. The monoisotopic (exact) mass is 1460 g/mol. The molecule has 13 amide bonds. The normalized spacial score (nSPS) is 15.3. The molecular formula is C67H104N18O19. The Morgan fingerprint density at radius 3 is 1.31 bits per heavy atom. The van der Waals surface area contributed by atoms with Gasteiger partial charge < -0.3 is 117 Å². The molecule has 37 nitrogen and oxygen atoms in total. The van der Waals surface area contributed by atoms with Gasteiger partial charge in [-0.25, -0.2) is 0 Å². The Bertz CT molecular complexity index is 3430. The van der Waals surface area contributed by atoms with E-state index >= 15 is 0 Å². The van der Waals surface area contributed by atoms with Crippen molar-refractivity contribution in [3.63, 3.8) is 0 Å². The molecule has 0 spiro atoms. The largest absolute Gasteiger partial charge is 0.481 e. The van der Waals surface area contributed by atoms with Gasteiger partial charge >= 0.3 is 11.9 Å². The first kappa shape index (κ1) is 88.0. The van der Waals surface area contributed by atoms with Crippen LogP contribution in [0.2, 0.25) is 0 Å². The molecule has 0 aliphatic carbocycles. The van der Waals surface area contributed by atoms with Crippen LogP contribution in [-0.4, -0.2) is 232 Å². The molecule has 0 fully saturated rings. The summed E-state index contributed by atoms with van der Waals surface area (Å²) in [5.41, 5.74) is 24.7. The lowest BCUT2D eigenvalue weighted by molar-refractivity contribution is -0.142. The summed E-state index contributed by atoms with van der Waals surface area (Å²) < 4.78 is 0. The predicted molar refractivity (Wildman–Crippen MR) is 376 cm³/mol. The molecule has 26 N–H and O–H groups in total. The maximum Gasteiger partial charge on any atom is 0.325 e. The maximum atomic E-state index is 14.5. The Kier molecular flexibility index (Phi) is 37.5. The molecule has 3 rings (SSSR count). The Morgan fingerprint density at radius 1 is 0.433 bits per heavy atom. The van der Waals surface area contributed by atoms with Gasteiger partial charge in [-0.3, -0.25) is 71.9 Å². The minimum Gasteiger partial charge on any atom is -0.481 e. The second kappa shape index (κ2) is 44.3. The van der Waals surface area contributed by atoms with Gasteiger partial charge in [0.1, 0.15) is 72.5 Å². The van der Waals surface area contributed by atoms with E-state index in [2.05, 4.69) is 74.1 Å². The third kappa shape index (κ3) is 28.6. The number of amides is 13. The standard InChI is InChI=1S/C67H104N18O19/c1-9-35(6)54(66(102)74-37(8)67(103)104)85-65(101)53(34(4)5)84-59(95)42(19-20-51(89)90)76-60(96)46(27-38-15-11-10-12-16-38)80-58(94)45(23-26-70)77-57(93)44(22-25-69)78-63(99)49(32-87)82-61(97)47(28-39-29-72-41-18-14-13-17-40(39)41)81-62(98)48(31-86)75-50(88)30-73-56(92)43(21-24-68)79-64(100)52(33(2)3)83-55(91)36(7)71/h10-18,29,33-37,42-49,52-54,72,86-87H,9,19-28,30-32,68-71H2,1-8H3,(H,73,92)(H,74,102)(H,75,88)(H,76,96)(H,77,93)(H,78,99)(H,79,100)(H,80,94)(H,81,98)(H,82,97)(H,83,91)(H,84,95)(H,85,101)(H,89,90)(H,103,104)/t35-,36+,37-,42-,43+,44-,45+,46-,47+,48+,49-,52+,53-,54+/m0/s1. The molecule has 0 radical (unpaired) electrons. The van der Waals surface area contributed by atoms with Crippen molar-refractivity contribution >= 4 is 99.6 Å². The van der Waals surface area contributed by atoms with Crippen molar-refractivity contribution in [2.75, 3.05) is 39.4 Å². The van der Waals surface area contributed by atoms with E-state index in [-0.39, 0.29) is 51.7 Å². The number of hydrogen-bond donors (Lipinski definition) is 22. The van der Waals surface area contributed by atoms with Crippen LogP contribution in [0.15, 0.2) is 60.8 Å². The lowest BCUT2D eigenvalue weighted by atomic mass is 9.96. The van der Waals surface area contributed by atoms with Gasteiger partial charge in [-0.2, -0.15) is 0 Å². The summed E-state index contributed by atoms with van der Waals surface area (Å²) in [6, 6.07) is -4.09. The number of carbonyl (C=O) groups excluding carboxylic acids is 13. The topological polar surface area (TPSA) is 613 Å². The summed E-state index contributed by atoms with van der Waals surface area (Å²) in [6.07, 6.45) is -0.635. The van der Waals surface area contributed by atoms with Gasteiger partial charge in [0, 0.05) is 36.4 Å². The van der Waals surface area contributed by atoms with Crippen LogP contribution < -0.4 is 92.1 Å². The number of aliphatic carboxylic acids is 2. The molecular weight excluding hydrogens is 1360 g/mol. The van der Waals surface area contributed by atoms with Gasteiger partial charge in [-0.05, 0) is 94.1 Å². The predicted octanol–water partition coefficient (Wildman–Crippen LogP) is -6.41. The molecule has 1 heterocycles. The lowest BCUT2D eigenvalue weighted by Crippen LogP contribution is -2.62. The first-order chi connectivity index (χ1) is 49.1. The summed E-state index contributed by atoms with van der Waals surface area (Å²) in [4.78, 5) is 206. The van der Waals surface area contributed by atoms with Crippen LogP contribution in [0.5, 0.6) is 0 Å². The molecule has 104 heavy (non-hydrogen) atoms. The highest BCUT2D eigenvalue weighted by atomic mass is 16.4. The zero-order valence-electron chi connectivity index (χ0n) is 59.6. The van der Waals surface area contributed by atoms with E-state index in [9.17, 15) is 92.3 Å². The molecule has 0 unspecified atom stereocenters. The average Bonchev–Trinajstić information content (AvgIpc) is 1.60. The number of para-hydroxylation sites is 1. The highest BCUT2D eigenvalue weighted by Crippen LogP contribution is 2.20. The van der Waals surface area contributed by atoms with Crippen molar-refractivity contribution in [1.82, 2.24) is 74.1 Å². The zero-order chi connectivity index (χ0) is 78.1. The number of aromatic nitrogens is 1. The summed E-state index contributed by atoms with van der Waals surface area (Å²) in [5.74, 6) is -16.9. The van der Waals surface area contributed by atoms with Crippen molar-refractivity contribution in [2.45, 2.75) is 185 Å². The SMILES string of the molecule is CC[C@H](C)[C@@H](NC(=O)[C@@H](NC(=O)[C@H](CCC(=O)O)NC(=O)[C@H](Cc1ccccc1)NC(=O)[C@@H](CCN)NC(=O)[C@H](CCN)NC(=O)[C@H](CO)NC(=O)[C@@H](Cc1c[nH]c2ccccc12)NC(=O)[C@@H](CO)NC(=O)CNC(=O)[C@@H](CCN)NC(=O)[C@H](NC(=O)[C@@H](C)N)C(C)C)C(C)C)C(=O)N[C@@H](C)C(=O)O. The zero-order valence-corrected chi connectivity index (χ0v) is 59.6. The molecule has 0 bridgehead atoms. The molecule has 0 saturated carbocycles. The first-order valence-corrected chi connectivity index (χ1v) is 34.2. The van der Waals surface area contributed by atoms with Crippen molar-refractivity contribution < 1.29 is 92.3 Å². The molecule has 14 atom stereocenters. The first-order valence-electron chi connectivity index (χ1n) is 34.2. The summed E-state index contributed by atoms with van der Waals surface area (Å²) in [6.45, 7) is 8.82. The number of benzene rings is 2. The number of nitrogens with two attached hydrogens (primary N) is 4. The number of fused-ring (bicyclic) bond motifs is 1. The number of aliphatic hydroxyl groups is 2. The maximum absolute atomic E-state index is 14.5. The fourth-order valence-electron chi connectivity index (χ4n) is 10.4. The third-order valence-corrected chi connectivity index (χ3v) is 16.7. The Labute approximate surface area is 601 Å². The highest BCUT2D eigenvalue weighted by molar-refractivity contribution is 6.00. The third-order valence-electron chi connectivity index (χ3n) is 16.7. The van der Waals surface area contributed by atoms with E-state index in [1.807, 2.05) is 0 Å². The second-order valence-electron chi connectivity index (χ2n) is 25.7. The number of H-pyrrole nitrogens is 1. The van der Waals surface area contributed by atoms with Crippen LogP contribution in [0, 0.1) is 17.8 Å². The van der Waals surface area contributed by atoms with Crippen LogP contribution in [0.3, 0.4) is 0 Å². The smallest absolute Gasteiger partial charge is 0.325 e. The minimum atomic E-state index is -1.88. The van der Waals surface area contributed by atoms with Gasteiger partial charge in [-0.15, -0.1) is 0 Å². The molecule has 576 valence electrons. The van der Waals surface area contributed by atoms with Gasteiger partial charge in [0.15, 0.2) is 0 Å². The fraction of sp³-hybridized carbons (Fsp3) is 0.567. The van der Waals surface area contributed by atoms with Crippen LogP contribution in [0.25, 0.3) is 10.9 Å². The molecule has 2 aromatic carbocycles. The molecule has 1 aromatic heterocycles. The van der Waals surface area contributed by atoms with Gasteiger partial charge in [-0.1, -0.05) is 96.5 Å². The lowest BCUT2D eigenvalue weighted by Gasteiger charge is -2.30. The van der Waals surface area contributed by atoms with E-state index in [0.717, 1.165) is 0 Å². The number of carbonyl (C=O) groups is 15. The molecule has 37 heteroatoms. The quantitative estimate of drug-likeness (QED) is 0.0250. The van der Waals surface area contributed by atoms with E-state index in [4.69, 9.17) is 22.9 Å². The van der Waals surface area contributed by atoms with Crippen molar-refractivity contribution in [3.05, 3.63) is 71.9 Å². The van der Waals surface area contributed by atoms with Crippen LogP contribution in [-0.2, 0) is 84.8 Å². The highest BCUT2D eigenvalue weighted by Gasteiger charge is 2.38. The molecule has 3 aromatic rings. The van der Waals surface area contributed by atoms with Gasteiger partial charge in [0.2, 0.25) is 76.8 Å². The number of carboxylic acids is 2. The number of carboxylic acid groups (broad SMARTS) is 2. The van der Waals surface area contributed by atoms with Gasteiger partial charge in [0.05, 0.1) is 25.8 Å². The van der Waals surface area contributed by atoms with E-state index in [1.165, 1.54) is 20.0 Å². The number of rotatable bonds is 46. The molecule has 0 aliphatic heterocycles. The van der Waals surface area contributed by atoms with Crippen molar-refractivity contribution in [3.8, 4) is 0 Å². The van der Waals surface area contributed by atoms with E-state index in [1.54, 1.807) is 96.1 Å². The summed E-state index contributed by atoms with van der Waals surface area (Å²) in [7, 11) is 0. The molecule has 0 saturated heterocycles. The van der Waals surface area contributed by atoms with Crippen molar-refractivity contribution in [2.24, 2.45) is 40.7 Å². The Morgan fingerprint density at radius 2 is 0.827 bits per heavy atom. The van der Waals surface area contributed by atoms with Gasteiger partial charge in [0.25, 0.3) is 0 Å². The van der Waals surface area contributed by atoms with Crippen LogP contribution in [0.4, 0.5) is 0 Å². The molecule has 0 aliphatic rings. The van der Waals surface area contributed by atoms with E-state index in [0.29, 0.717) is 28.5 Å². The van der Waals surface area contributed by atoms with E-state index < -0.39 is 218 Å². The minimum absolute atomic E-state index is 0.0973. The fourth-order valence-corrected chi connectivity index (χ4v) is 10.4. The number of nitrogens with one attached hydrogen (secondary N) is 14. The number of aliphatic hydroxyl groups excluding tert-OH is 2. The Balaban J connectivity index is 1.87. The summed E-state index contributed by atoms with van der Waals surface area (Å²) in [5, 5.41) is 72.5. The van der Waals surface area contributed by atoms with Crippen LogP contribution >= 0.6 is 0 Å². The number of aromatic amines is 1. The summed E-state index contributed by atoms with van der Waals surface area (Å²) >= 11 is 0. The second-order valence-corrected chi connectivity index (χ2v) is 25.7. The van der Waals surface area contributed by atoms with Crippen LogP contribution in [0.1, 0.15) is 105 Å². The number of hydrogen-bond acceptors (Lipinski definition) is 21.